The molecule has 6 nitrogen and oxygen atoms in total. The Morgan fingerprint density at radius 1 is 1.17 bits per heavy atom. The minimum Gasteiger partial charge on any atom is -0.382 e. The lowest BCUT2D eigenvalue weighted by molar-refractivity contribution is -0.270. The number of anilines is 2. The molecule has 0 bridgehead atoms. The highest BCUT2D eigenvalue weighted by Gasteiger charge is 2.58. The first-order valence-corrected chi connectivity index (χ1v) is 9.62. The SMILES string of the molecule is Cn1ccnc1C(O)(CC(=O)Nc1ccc(NC2CCCCC2)cc1)C(F)(F)F. The smallest absolute Gasteiger partial charge is 0.382 e. The maximum absolute atomic E-state index is 13.5. The van der Waals surface area contributed by atoms with Gasteiger partial charge in [0.25, 0.3) is 0 Å². The topological polar surface area (TPSA) is 79.2 Å². The van der Waals surface area contributed by atoms with Crippen molar-refractivity contribution in [3.8, 4) is 0 Å². The minimum absolute atomic E-state index is 0.355. The maximum atomic E-state index is 13.5. The predicted molar refractivity (Wildman–Crippen MR) is 103 cm³/mol. The number of alkyl halides is 3. The Balaban J connectivity index is 1.65. The summed E-state index contributed by atoms with van der Waals surface area (Å²) in [6.07, 6.45) is 2.05. The number of aliphatic hydroxyl groups is 1. The third-order valence-electron chi connectivity index (χ3n) is 5.22. The van der Waals surface area contributed by atoms with Gasteiger partial charge in [-0.2, -0.15) is 13.2 Å². The van der Waals surface area contributed by atoms with Crippen molar-refractivity contribution in [3.63, 3.8) is 0 Å². The molecule has 1 unspecified atom stereocenters. The molecule has 29 heavy (non-hydrogen) atoms. The molecule has 1 heterocycles. The lowest BCUT2D eigenvalue weighted by Gasteiger charge is -2.29. The molecule has 0 radical (unpaired) electrons. The molecule has 1 aromatic carbocycles. The highest BCUT2D eigenvalue weighted by Crippen LogP contribution is 2.40. The second-order valence-corrected chi connectivity index (χ2v) is 7.50. The van der Waals surface area contributed by atoms with Gasteiger partial charge in [-0.1, -0.05) is 19.3 Å². The first-order chi connectivity index (χ1) is 13.7. The summed E-state index contributed by atoms with van der Waals surface area (Å²) in [5, 5.41) is 16.1. The third-order valence-corrected chi connectivity index (χ3v) is 5.22. The van der Waals surface area contributed by atoms with E-state index in [2.05, 4.69) is 15.6 Å². The van der Waals surface area contributed by atoms with Gasteiger partial charge in [0, 0.05) is 36.9 Å². The molecular weight excluding hydrogens is 385 g/mol. The molecule has 2 aromatic rings. The van der Waals surface area contributed by atoms with Crippen LogP contribution in [-0.4, -0.2) is 32.8 Å². The standard InChI is InChI=1S/C20H25F3N4O2/c1-27-12-11-24-18(27)19(29,20(21,22)23)13-17(28)26-16-9-7-15(8-10-16)25-14-5-3-2-4-6-14/h7-12,14,25,29H,2-6,13H2,1H3,(H,26,28). The van der Waals surface area contributed by atoms with Crippen molar-refractivity contribution in [3.05, 3.63) is 42.5 Å². The van der Waals surface area contributed by atoms with Crippen molar-refractivity contribution < 1.29 is 23.1 Å². The molecule has 1 aliphatic rings. The van der Waals surface area contributed by atoms with Crippen LogP contribution < -0.4 is 10.6 Å². The predicted octanol–water partition coefficient (Wildman–Crippen LogP) is 3.94. The van der Waals surface area contributed by atoms with Crippen LogP contribution in [-0.2, 0) is 17.4 Å². The van der Waals surface area contributed by atoms with E-state index in [1.807, 2.05) is 0 Å². The number of benzene rings is 1. The number of hydrogen-bond donors (Lipinski definition) is 3. The molecule has 9 heteroatoms. The summed E-state index contributed by atoms with van der Waals surface area (Å²) in [5.74, 6) is -1.59. The Hall–Kier alpha value is -2.55. The number of imidazole rings is 1. The van der Waals surface area contributed by atoms with Crippen LogP contribution in [0.3, 0.4) is 0 Å². The lowest BCUT2D eigenvalue weighted by atomic mass is 9.95. The number of amides is 1. The van der Waals surface area contributed by atoms with Gasteiger partial charge in [0.2, 0.25) is 11.5 Å². The molecule has 1 aliphatic carbocycles. The zero-order valence-electron chi connectivity index (χ0n) is 16.2. The summed E-state index contributed by atoms with van der Waals surface area (Å²) in [7, 11) is 1.33. The third kappa shape index (κ3) is 4.90. The number of aromatic nitrogens is 2. The minimum atomic E-state index is -5.06. The van der Waals surface area contributed by atoms with Crippen molar-refractivity contribution in [2.45, 2.75) is 56.3 Å². The van der Waals surface area contributed by atoms with Gasteiger partial charge in [-0.05, 0) is 37.1 Å². The number of nitrogens with zero attached hydrogens (tertiary/aromatic N) is 2. The maximum Gasteiger partial charge on any atom is 0.425 e. The van der Waals surface area contributed by atoms with Crippen molar-refractivity contribution in [1.29, 1.82) is 0 Å². The number of carbonyl (C=O) groups is 1. The van der Waals surface area contributed by atoms with Gasteiger partial charge < -0.3 is 20.3 Å². The van der Waals surface area contributed by atoms with Crippen LogP contribution >= 0.6 is 0 Å². The summed E-state index contributed by atoms with van der Waals surface area (Å²) in [6.45, 7) is 0. The molecule has 1 saturated carbocycles. The number of rotatable bonds is 6. The van der Waals surface area contributed by atoms with Crippen LogP contribution in [0.2, 0.25) is 0 Å². The van der Waals surface area contributed by atoms with Crippen LogP contribution in [0.1, 0.15) is 44.3 Å². The summed E-state index contributed by atoms with van der Waals surface area (Å²) in [4.78, 5) is 15.8. The van der Waals surface area contributed by atoms with E-state index in [1.165, 1.54) is 32.5 Å². The first kappa shape index (κ1) is 21.2. The molecule has 0 spiro atoms. The molecular formula is C20H25F3N4O2. The summed E-state index contributed by atoms with van der Waals surface area (Å²) in [5.41, 5.74) is -2.12. The zero-order valence-corrected chi connectivity index (χ0v) is 16.2. The Bertz CT molecular complexity index is 829. The zero-order chi connectivity index (χ0) is 21.1. The van der Waals surface area contributed by atoms with Gasteiger partial charge in [-0.3, -0.25) is 4.79 Å². The van der Waals surface area contributed by atoms with E-state index in [0.717, 1.165) is 29.3 Å². The second kappa shape index (κ2) is 8.44. The Labute approximate surface area is 167 Å². The number of halogens is 3. The second-order valence-electron chi connectivity index (χ2n) is 7.50. The summed E-state index contributed by atoms with van der Waals surface area (Å²) < 4.78 is 41.6. The fourth-order valence-corrected chi connectivity index (χ4v) is 3.64. The molecule has 1 fully saturated rings. The van der Waals surface area contributed by atoms with Crippen LogP contribution in [0.4, 0.5) is 24.5 Å². The van der Waals surface area contributed by atoms with Gasteiger partial charge in [0.1, 0.15) is 0 Å². The van der Waals surface area contributed by atoms with Gasteiger partial charge in [0.15, 0.2) is 5.82 Å². The van der Waals surface area contributed by atoms with Gasteiger partial charge in [-0.25, -0.2) is 4.98 Å². The number of hydrogen-bond acceptors (Lipinski definition) is 4. The Morgan fingerprint density at radius 2 is 1.79 bits per heavy atom. The van der Waals surface area contributed by atoms with E-state index in [9.17, 15) is 23.1 Å². The van der Waals surface area contributed by atoms with Crippen molar-refractivity contribution in [2.75, 3.05) is 10.6 Å². The van der Waals surface area contributed by atoms with Gasteiger partial charge in [-0.15, -0.1) is 0 Å². The molecule has 3 rings (SSSR count). The fraction of sp³-hybridized carbons (Fsp3) is 0.500. The van der Waals surface area contributed by atoms with Crippen LogP contribution in [0, 0.1) is 0 Å². The molecule has 1 aromatic heterocycles. The van der Waals surface area contributed by atoms with Crippen LogP contribution in [0.25, 0.3) is 0 Å². The highest BCUT2D eigenvalue weighted by atomic mass is 19.4. The molecule has 1 amide bonds. The molecule has 0 aliphatic heterocycles. The summed E-state index contributed by atoms with van der Waals surface area (Å²) >= 11 is 0. The molecule has 3 N–H and O–H groups in total. The van der Waals surface area contributed by atoms with Crippen LogP contribution in [0.15, 0.2) is 36.7 Å². The van der Waals surface area contributed by atoms with Gasteiger partial charge in [0.05, 0.1) is 6.42 Å². The van der Waals surface area contributed by atoms with E-state index in [-0.39, 0.29) is 0 Å². The lowest BCUT2D eigenvalue weighted by Crippen LogP contribution is -2.46. The molecule has 1 atom stereocenters. The van der Waals surface area contributed by atoms with Crippen molar-refractivity contribution in [2.24, 2.45) is 7.05 Å². The number of aryl methyl sites for hydroxylation is 1. The quantitative estimate of drug-likeness (QED) is 0.674. The Morgan fingerprint density at radius 3 is 2.34 bits per heavy atom. The molecule has 158 valence electrons. The van der Waals surface area contributed by atoms with E-state index < -0.39 is 29.9 Å². The normalized spacial score (nSPS) is 17.6. The van der Waals surface area contributed by atoms with Crippen LogP contribution in [0.5, 0.6) is 0 Å². The average molecular weight is 410 g/mol. The van der Waals surface area contributed by atoms with Crippen molar-refractivity contribution >= 4 is 17.3 Å². The van der Waals surface area contributed by atoms with Crippen molar-refractivity contribution in [1.82, 2.24) is 9.55 Å². The first-order valence-electron chi connectivity index (χ1n) is 9.62. The van der Waals surface area contributed by atoms with E-state index in [0.29, 0.717) is 11.7 Å². The van der Waals surface area contributed by atoms with Gasteiger partial charge >= 0.3 is 6.18 Å². The van der Waals surface area contributed by atoms with E-state index >= 15 is 0 Å². The largest absolute Gasteiger partial charge is 0.425 e. The fourth-order valence-electron chi connectivity index (χ4n) is 3.64. The molecule has 0 saturated heterocycles. The van der Waals surface area contributed by atoms with E-state index in [4.69, 9.17) is 0 Å². The average Bonchev–Trinajstić information content (AvgIpc) is 3.09. The number of carbonyl (C=O) groups excluding carboxylic acids is 1. The summed E-state index contributed by atoms with van der Waals surface area (Å²) in [6, 6.07) is 7.22. The Kier molecular flexibility index (Phi) is 6.16. The van der Waals surface area contributed by atoms with E-state index in [1.54, 1.807) is 24.3 Å². The number of nitrogens with one attached hydrogen (secondary N) is 2. The monoisotopic (exact) mass is 410 g/mol. The highest BCUT2D eigenvalue weighted by molar-refractivity contribution is 5.91.